The molecule has 136 valence electrons. The van der Waals surface area contributed by atoms with Crippen molar-refractivity contribution in [3.05, 3.63) is 88.2 Å². The summed E-state index contributed by atoms with van der Waals surface area (Å²) in [5.41, 5.74) is 3.38. The number of halogens is 1. The fourth-order valence-corrected chi connectivity index (χ4v) is 2.71. The molecule has 5 nitrogen and oxygen atoms in total. The minimum atomic E-state index is -0.412. The van der Waals surface area contributed by atoms with E-state index >= 15 is 0 Å². The number of rotatable bonds is 4. The molecule has 0 fully saturated rings. The molecular weight excluding hydrogens is 362 g/mol. The second-order valence-electron chi connectivity index (χ2n) is 6.10. The summed E-state index contributed by atoms with van der Waals surface area (Å²) in [5, 5.41) is 6.12. The van der Waals surface area contributed by atoms with E-state index in [0.29, 0.717) is 16.4 Å². The molecule has 0 saturated heterocycles. The molecule has 1 aromatic heterocycles. The van der Waals surface area contributed by atoms with Crippen LogP contribution in [0.2, 0.25) is 5.02 Å². The zero-order chi connectivity index (χ0) is 19.4. The molecule has 27 heavy (non-hydrogen) atoms. The summed E-state index contributed by atoms with van der Waals surface area (Å²) in [6, 6.07) is 17.5. The number of carbonyl (C=O) groups excluding carboxylic acids is 2. The topological polar surface area (TPSA) is 71.1 Å². The number of hydrogen-bond donors (Lipinski definition) is 2. The van der Waals surface area contributed by atoms with Crippen LogP contribution >= 0.6 is 11.6 Å². The quantitative estimate of drug-likeness (QED) is 0.680. The minimum absolute atomic E-state index is 0.145. The lowest BCUT2D eigenvalue weighted by atomic mass is 10.2. The van der Waals surface area contributed by atoms with E-state index < -0.39 is 5.91 Å². The zero-order valence-corrected chi connectivity index (χ0v) is 15.7. The molecule has 0 radical (unpaired) electrons. The number of aromatic nitrogens is 1. The van der Waals surface area contributed by atoms with Crippen molar-refractivity contribution in [3.8, 4) is 0 Å². The maximum absolute atomic E-state index is 12.5. The molecule has 0 saturated carbocycles. The van der Waals surface area contributed by atoms with Crippen LogP contribution in [0.3, 0.4) is 0 Å². The fraction of sp³-hybridized carbons (Fsp3) is 0.0952. The van der Waals surface area contributed by atoms with Gasteiger partial charge in [-0.3, -0.25) is 9.59 Å². The van der Waals surface area contributed by atoms with Crippen LogP contribution in [0.4, 0.5) is 11.4 Å². The summed E-state index contributed by atoms with van der Waals surface area (Å²) in [6.07, 6.45) is 0. The monoisotopic (exact) mass is 379 g/mol. The average molecular weight is 380 g/mol. The summed E-state index contributed by atoms with van der Waals surface area (Å²) >= 11 is 6.08. The van der Waals surface area contributed by atoms with Gasteiger partial charge in [-0.15, -0.1) is 0 Å². The Bertz CT molecular complexity index is 1020. The summed E-state index contributed by atoms with van der Waals surface area (Å²) in [5.74, 6) is -0.792. The molecule has 2 amide bonds. The molecule has 0 unspecified atom stereocenters. The van der Waals surface area contributed by atoms with E-state index in [1.165, 1.54) is 0 Å². The van der Waals surface area contributed by atoms with Crippen molar-refractivity contribution >= 4 is 34.8 Å². The third-order valence-electron chi connectivity index (χ3n) is 4.01. The van der Waals surface area contributed by atoms with Gasteiger partial charge in [-0.1, -0.05) is 35.9 Å². The summed E-state index contributed by atoms with van der Waals surface area (Å²) in [6.45, 7) is 3.76. The van der Waals surface area contributed by atoms with E-state index in [-0.39, 0.29) is 17.3 Å². The van der Waals surface area contributed by atoms with Crippen LogP contribution in [-0.2, 0) is 0 Å². The number of anilines is 2. The van der Waals surface area contributed by atoms with Crippen molar-refractivity contribution in [3.63, 3.8) is 0 Å². The van der Waals surface area contributed by atoms with Crippen molar-refractivity contribution in [2.75, 3.05) is 10.6 Å². The molecule has 3 aromatic rings. The Kier molecular flexibility index (Phi) is 5.52. The van der Waals surface area contributed by atoms with Crippen LogP contribution in [0.15, 0.2) is 60.7 Å². The van der Waals surface area contributed by atoms with E-state index in [4.69, 9.17) is 11.6 Å². The van der Waals surface area contributed by atoms with E-state index in [1.54, 1.807) is 42.5 Å². The van der Waals surface area contributed by atoms with Crippen molar-refractivity contribution < 1.29 is 9.59 Å². The molecule has 2 aromatic carbocycles. The Morgan fingerprint density at radius 2 is 1.48 bits per heavy atom. The lowest BCUT2D eigenvalue weighted by Crippen LogP contribution is -2.18. The molecule has 0 spiro atoms. The van der Waals surface area contributed by atoms with E-state index in [1.807, 2.05) is 32.0 Å². The van der Waals surface area contributed by atoms with E-state index in [9.17, 15) is 9.59 Å². The molecular formula is C21H18ClN3O2. The van der Waals surface area contributed by atoms with Gasteiger partial charge in [-0.2, -0.15) is 0 Å². The van der Waals surface area contributed by atoms with Crippen LogP contribution in [0.1, 0.15) is 32.1 Å². The maximum atomic E-state index is 12.5. The van der Waals surface area contributed by atoms with Crippen molar-refractivity contribution in [2.45, 2.75) is 13.8 Å². The van der Waals surface area contributed by atoms with Gasteiger partial charge in [0.05, 0.1) is 0 Å². The van der Waals surface area contributed by atoms with Gasteiger partial charge in [-0.25, -0.2) is 4.98 Å². The highest BCUT2D eigenvalue weighted by molar-refractivity contribution is 6.31. The fourth-order valence-electron chi connectivity index (χ4n) is 2.53. The molecule has 0 aliphatic carbocycles. The Balaban J connectivity index is 1.77. The van der Waals surface area contributed by atoms with Gasteiger partial charge in [0, 0.05) is 16.4 Å². The first-order chi connectivity index (χ1) is 12.9. The van der Waals surface area contributed by atoms with Crippen LogP contribution in [0.5, 0.6) is 0 Å². The predicted octanol–water partition coefficient (Wildman–Crippen LogP) is 4.86. The van der Waals surface area contributed by atoms with Gasteiger partial charge >= 0.3 is 0 Å². The van der Waals surface area contributed by atoms with Gasteiger partial charge < -0.3 is 10.6 Å². The first-order valence-corrected chi connectivity index (χ1v) is 8.73. The molecule has 0 atom stereocenters. The Morgan fingerprint density at radius 3 is 2.19 bits per heavy atom. The number of nitrogens with one attached hydrogen (secondary N) is 2. The lowest BCUT2D eigenvalue weighted by molar-refractivity contribution is 0.101. The third-order valence-corrected chi connectivity index (χ3v) is 4.42. The van der Waals surface area contributed by atoms with Crippen LogP contribution in [-0.4, -0.2) is 16.8 Å². The van der Waals surface area contributed by atoms with Gasteiger partial charge in [0.2, 0.25) is 0 Å². The highest BCUT2D eigenvalue weighted by atomic mass is 35.5. The first-order valence-electron chi connectivity index (χ1n) is 8.35. The summed E-state index contributed by atoms with van der Waals surface area (Å²) in [4.78, 5) is 29.1. The van der Waals surface area contributed by atoms with E-state index in [0.717, 1.165) is 11.1 Å². The van der Waals surface area contributed by atoms with Gasteiger partial charge in [0.25, 0.3) is 11.8 Å². The molecule has 1 heterocycles. The SMILES string of the molecule is Cc1cccc(NC(=O)c2cccc(C(=O)Nc3cccc(Cl)c3C)n2)c1. The van der Waals surface area contributed by atoms with E-state index in [2.05, 4.69) is 15.6 Å². The Hall–Kier alpha value is -3.18. The molecule has 6 heteroatoms. The first kappa shape index (κ1) is 18.6. The summed E-state index contributed by atoms with van der Waals surface area (Å²) in [7, 11) is 0. The number of pyridine rings is 1. The molecule has 0 aliphatic rings. The lowest BCUT2D eigenvalue weighted by Gasteiger charge is -2.10. The normalized spacial score (nSPS) is 10.3. The maximum Gasteiger partial charge on any atom is 0.274 e. The smallest absolute Gasteiger partial charge is 0.274 e. The molecule has 0 aliphatic heterocycles. The number of amides is 2. The van der Waals surface area contributed by atoms with Gasteiger partial charge in [0.1, 0.15) is 11.4 Å². The number of benzene rings is 2. The van der Waals surface area contributed by atoms with Crippen molar-refractivity contribution in [1.82, 2.24) is 4.98 Å². The van der Waals surface area contributed by atoms with Crippen LogP contribution in [0.25, 0.3) is 0 Å². The highest BCUT2D eigenvalue weighted by Gasteiger charge is 2.14. The number of nitrogens with zero attached hydrogens (tertiary/aromatic N) is 1. The number of carbonyl (C=O) groups is 2. The number of hydrogen-bond acceptors (Lipinski definition) is 3. The van der Waals surface area contributed by atoms with Crippen molar-refractivity contribution in [1.29, 1.82) is 0 Å². The largest absolute Gasteiger partial charge is 0.321 e. The minimum Gasteiger partial charge on any atom is -0.321 e. The highest BCUT2D eigenvalue weighted by Crippen LogP contribution is 2.23. The zero-order valence-electron chi connectivity index (χ0n) is 14.9. The predicted molar refractivity (Wildman–Crippen MR) is 108 cm³/mol. The summed E-state index contributed by atoms with van der Waals surface area (Å²) < 4.78 is 0. The number of aryl methyl sites for hydroxylation is 1. The standard InChI is InChI=1S/C21H18ClN3O2/c1-13-6-3-7-15(12-13)23-20(26)18-10-5-11-19(24-18)21(27)25-17-9-4-8-16(22)14(17)2/h3-12H,1-2H3,(H,23,26)(H,25,27). The molecule has 2 N–H and O–H groups in total. The second-order valence-corrected chi connectivity index (χ2v) is 6.51. The second kappa shape index (κ2) is 8.01. The Morgan fingerprint density at radius 1 is 0.852 bits per heavy atom. The van der Waals surface area contributed by atoms with Crippen molar-refractivity contribution in [2.24, 2.45) is 0 Å². The van der Waals surface area contributed by atoms with Gasteiger partial charge in [-0.05, 0) is 61.4 Å². The average Bonchev–Trinajstić information content (AvgIpc) is 2.65. The Labute approximate surface area is 162 Å². The van der Waals surface area contributed by atoms with Crippen LogP contribution in [0, 0.1) is 13.8 Å². The van der Waals surface area contributed by atoms with Gasteiger partial charge in [0.15, 0.2) is 0 Å². The van der Waals surface area contributed by atoms with Crippen LogP contribution < -0.4 is 10.6 Å². The molecule has 3 rings (SSSR count). The molecule has 0 bridgehead atoms. The third kappa shape index (κ3) is 4.51.